The van der Waals surface area contributed by atoms with Gasteiger partial charge in [-0.2, -0.15) is 0 Å². The number of phenols is 1. The highest BCUT2D eigenvalue weighted by Crippen LogP contribution is 2.26. The van der Waals surface area contributed by atoms with Gasteiger partial charge in [-0.1, -0.05) is 31.2 Å². The third kappa shape index (κ3) is 3.98. The summed E-state index contributed by atoms with van der Waals surface area (Å²) in [4.78, 5) is 0. The molecule has 0 aliphatic carbocycles. The van der Waals surface area contributed by atoms with Gasteiger partial charge in [0.15, 0.2) is 0 Å². The van der Waals surface area contributed by atoms with Crippen LogP contribution in [0.5, 0.6) is 5.75 Å². The summed E-state index contributed by atoms with van der Waals surface area (Å²) in [5, 5.41) is 9.57. The van der Waals surface area contributed by atoms with Crippen molar-refractivity contribution in [3.63, 3.8) is 0 Å². The Morgan fingerprint density at radius 3 is 2.40 bits per heavy atom. The van der Waals surface area contributed by atoms with E-state index in [1.54, 1.807) is 6.07 Å². The summed E-state index contributed by atoms with van der Waals surface area (Å²) >= 11 is 2.35. The van der Waals surface area contributed by atoms with Gasteiger partial charge in [0.2, 0.25) is 0 Å². The predicted octanol–water partition coefficient (Wildman–Crippen LogP) is 5.43. The average molecular weight is 380 g/mol. The predicted molar refractivity (Wildman–Crippen MR) is 93.4 cm³/mol. The van der Waals surface area contributed by atoms with E-state index >= 15 is 0 Å². The molecule has 0 saturated carbocycles. The molecule has 0 saturated heterocycles. The van der Waals surface area contributed by atoms with Gasteiger partial charge in [0, 0.05) is 3.57 Å². The Morgan fingerprint density at radius 2 is 1.80 bits per heavy atom. The van der Waals surface area contributed by atoms with Gasteiger partial charge < -0.3 is 5.11 Å². The van der Waals surface area contributed by atoms with Crippen LogP contribution in [0.4, 0.5) is 0 Å². The topological polar surface area (TPSA) is 20.2 Å². The largest absolute Gasteiger partial charge is 0.508 e. The third-order valence-corrected chi connectivity index (χ3v) is 4.60. The number of aryl methyl sites for hydroxylation is 2. The molecule has 1 N–H and O–H groups in total. The molecule has 0 heterocycles. The molecule has 0 aliphatic rings. The van der Waals surface area contributed by atoms with Crippen molar-refractivity contribution in [3.8, 4) is 5.75 Å². The van der Waals surface area contributed by atoms with Crippen molar-refractivity contribution < 1.29 is 5.11 Å². The standard InChI is InChI=1S/C18H21IO/c1-3-15(16-7-9-17(19)10-8-16)6-4-14-5-11-18(20)13(2)12-14/h5,7-12,15,20H,3-4,6H2,1-2H3. The van der Waals surface area contributed by atoms with Crippen molar-refractivity contribution in [2.75, 3.05) is 0 Å². The molecule has 2 aromatic carbocycles. The quantitative estimate of drug-likeness (QED) is 0.686. The molecule has 0 aromatic heterocycles. The summed E-state index contributed by atoms with van der Waals surface area (Å²) < 4.78 is 1.29. The Hall–Kier alpha value is -1.03. The monoisotopic (exact) mass is 380 g/mol. The smallest absolute Gasteiger partial charge is 0.118 e. The zero-order valence-electron chi connectivity index (χ0n) is 12.1. The minimum Gasteiger partial charge on any atom is -0.508 e. The molecule has 0 fully saturated rings. The molecule has 0 bridgehead atoms. The second-order valence-corrected chi connectivity index (χ2v) is 6.56. The molecule has 2 aromatic rings. The summed E-state index contributed by atoms with van der Waals surface area (Å²) in [5.74, 6) is 1.000. The first-order valence-corrected chi connectivity index (χ1v) is 8.22. The maximum Gasteiger partial charge on any atom is 0.118 e. The lowest BCUT2D eigenvalue weighted by atomic mass is 9.90. The highest BCUT2D eigenvalue weighted by atomic mass is 127. The first kappa shape index (κ1) is 15.4. The van der Waals surface area contributed by atoms with Crippen LogP contribution in [-0.2, 0) is 6.42 Å². The lowest BCUT2D eigenvalue weighted by Crippen LogP contribution is -2.00. The van der Waals surface area contributed by atoms with Gasteiger partial charge in [-0.25, -0.2) is 0 Å². The molecule has 1 atom stereocenters. The molecule has 0 radical (unpaired) electrons. The number of aromatic hydroxyl groups is 1. The van der Waals surface area contributed by atoms with E-state index in [1.165, 1.54) is 14.7 Å². The van der Waals surface area contributed by atoms with Gasteiger partial charge in [-0.15, -0.1) is 0 Å². The maximum absolute atomic E-state index is 9.57. The van der Waals surface area contributed by atoms with E-state index in [-0.39, 0.29) is 0 Å². The van der Waals surface area contributed by atoms with E-state index in [4.69, 9.17) is 0 Å². The summed E-state index contributed by atoms with van der Waals surface area (Å²) in [5.41, 5.74) is 3.71. The van der Waals surface area contributed by atoms with Gasteiger partial charge in [0.1, 0.15) is 5.75 Å². The van der Waals surface area contributed by atoms with E-state index in [1.807, 2.05) is 13.0 Å². The Kier molecular flexibility index (Phi) is 5.46. The number of rotatable bonds is 5. The van der Waals surface area contributed by atoms with Crippen LogP contribution in [0, 0.1) is 10.5 Å². The van der Waals surface area contributed by atoms with Crippen LogP contribution in [0.15, 0.2) is 42.5 Å². The van der Waals surface area contributed by atoms with Crippen LogP contribution < -0.4 is 0 Å². The molecule has 0 aliphatic heterocycles. The van der Waals surface area contributed by atoms with Gasteiger partial charge in [0.25, 0.3) is 0 Å². The summed E-state index contributed by atoms with van der Waals surface area (Å²) in [7, 11) is 0. The van der Waals surface area contributed by atoms with Crippen LogP contribution in [-0.4, -0.2) is 5.11 Å². The molecule has 106 valence electrons. The normalized spacial score (nSPS) is 12.3. The first-order valence-electron chi connectivity index (χ1n) is 7.14. The minimum absolute atomic E-state index is 0.387. The Balaban J connectivity index is 2.03. The number of phenolic OH excluding ortho intramolecular Hbond substituents is 1. The fourth-order valence-electron chi connectivity index (χ4n) is 2.56. The molecule has 0 amide bonds. The van der Waals surface area contributed by atoms with Gasteiger partial charge in [-0.3, -0.25) is 0 Å². The third-order valence-electron chi connectivity index (χ3n) is 3.88. The van der Waals surface area contributed by atoms with Crippen LogP contribution >= 0.6 is 22.6 Å². The summed E-state index contributed by atoms with van der Waals surface area (Å²) in [6, 6.07) is 14.8. The van der Waals surface area contributed by atoms with Crippen LogP contribution in [0.3, 0.4) is 0 Å². The van der Waals surface area contributed by atoms with Crippen molar-refractivity contribution in [3.05, 3.63) is 62.7 Å². The van der Waals surface area contributed by atoms with E-state index in [9.17, 15) is 5.11 Å². The molecular formula is C18H21IO. The van der Waals surface area contributed by atoms with E-state index in [2.05, 4.69) is 59.8 Å². The second kappa shape index (κ2) is 7.11. The highest BCUT2D eigenvalue weighted by molar-refractivity contribution is 14.1. The zero-order chi connectivity index (χ0) is 14.5. The van der Waals surface area contributed by atoms with Crippen molar-refractivity contribution in [1.82, 2.24) is 0 Å². The summed E-state index contributed by atoms with van der Waals surface area (Å²) in [6.45, 7) is 4.21. The average Bonchev–Trinajstić information content (AvgIpc) is 2.45. The van der Waals surface area contributed by atoms with Gasteiger partial charge >= 0.3 is 0 Å². The van der Waals surface area contributed by atoms with Gasteiger partial charge in [-0.05, 0) is 89.6 Å². The fraction of sp³-hybridized carbons (Fsp3) is 0.333. The Morgan fingerprint density at radius 1 is 1.10 bits per heavy atom. The molecule has 1 unspecified atom stereocenters. The lowest BCUT2D eigenvalue weighted by Gasteiger charge is -2.16. The molecule has 2 heteroatoms. The Labute approximate surface area is 135 Å². The molecule has 2 rings (SSSR count). The van der Waals surface area contributed by atoms with E-state index in [0.717, 1.165) is 24.8 Å². The minimum atomic E-state index is 0.387. The van der Waals surface area contributed by atoms with Crippen LogP contribution in [0.2, 0.25) is 0 Å². The number of benzene rings is 2. The number of halogens is 1. The molecule has 0 spiro atoms. The SMILES string of the molecule is CCC(CCc1ccc(O)c(C)c1)c1ccc(I)cc1. The first-order chi connectivity index (χ1) is 9.60. The fourth-order valence-corrected chi connectivity index (χ4v) is 2.91. The lowest BCUT2D eigenvalue weighted by molar-refractivity contribution is 0.470. The molecule has 1 nitrogen and oxygen atoms in total. The Bertz CT molecular complexity index is 560. The van der Waals surface area contributed by atoms with E-state index in [0.29, 0.717) is 11.7 Å². The zero-order valence-corrected chi connectivity index (χ0v) is 14.2. The maximum atomic E-state index is 9.57. The van der Waals surface area contributed by atoms with E-state index < -0.39 is 0 Å². The van der Waals surface area contributed by atoms with Crippen molar-refractivity contribution >= 4 is 22.6 Å². The second-order valence-electron chi connectivity index (χ2n) is 5.32. The van der Waals surface area contributed by atoms with Crippen molar-refractivity contribution in [1.29, 1.82) is 0 Å². The molecule has 20 heavy (non-hydrogen) atoms. The molecular weight excluding hydrogens is 359 g/mol. The number of hydrogen-bond acceptors (Lipinski definition) is 1. The van der Waals surface area contributed by atoms with Crippen molar-refractivity contribution in [2.24, 2.45) is 0 Å². The highest BCUT2D eigenvalue weighted by Gasteiger charge is 2.10. The van der Waals surface area contributed by atoms with Crippen molar-refractivity contribution in [2.45, 2.75) is 39.0 Å². The number of hydrogen-bond donors (Lipinski definition) is 1. The van der Waals surface area contributed by atoms with Gasteiger partial charge in [0.05, 0.1) is 0 Å². The van der Waals surface area contributed by atoms with Crippen LogP contribution in [0.25, 0.3) is 0 Å². The van der Waals surface area contributed by atoms with Crippen LogP contribution in [0.1, 0.15) is 42.4 Å². The summed E-state index contributed by atoms with van der Waals surface area (Å²) in [6.07, 6.45) is 3.38.